The number of aromatic nitrogens is 3. The number of rotatable bonds is 29. The molecular weight excluding hydrogens is 666 g/mol. The molecule has 0 spiro atoms. The maximum atomic E-state index is 11.9. The first-order valence-electron chi connectivity index (χ1n) is 17.2. The summed E-state index contributed by atoms with van der Waals surface area (Å²) in [7, 11) is 0. The van der Waals surface area contributed by atoms with Crippen molar-refractivity contribution >= 4 is 23.9 Å². The number of carbonyl (C=O) groups excluding carboxylic acids is 3. The van der Waals surface area contributed by atoms with Crippen molar-refractivity contribution in [3.8, 4) is 0 Å². The van der Waals surface area contributed by atoms with Crippen LogP contribution in [0.2, 0.25) is 0 Å². The number of carboxylic acid groups (broad SMARTS) is 1. The highest BCUT2D eigenvalue weighted by Crippen LogP contribution is 2.10. The topological polar surface area (TPSA) is 227 Å². The van der Waals surface area contributed by atoms with Crippen LogP contribution in [0.15, 0.2) is 54.3 Å². The Balaban J connectivity index is 1.33. The fraction of sp³-hybridized carbons (Fsp3) is 0.588. The number of aliphatic carboxylic acids is 1. The SMILES string of the molecule is NC(CCC(=O)NCCOCCOCC(=O)NCCOCCOCCn1cc(CCOC(=O)NCCCCC2=C/C=C\C=C/C=C2)nn1)C(=O)O. The Morgan fingerprint density at radius 2 is 1.45 bits per heavy atom. The number of ether oxygens (including phenoxy) is 5. The lowest BCUT2D eigenvalue weighted by Gasteiger charge is -2.09. The van der Waals surface area contributed by atoms with Gasteiger partial charge in [0.2, 0.25) is 11.8 Å². The molecule has 2 rings (SSSR count). The van der Waals surface area contributed by atoms with Gasteiger partial charge in [0.25, 0.3) is 0 Å². The molecule has 0 aromatic carbocycles. The Kier molecular flexibility index (Phi) is 23.7. The van der Waals surface area contributed by atoms with Gasteiger partial charge < -0.3 is 50.5 Å². The zero-order chi connectivity index (χ0) is 36.8. The summed E-state index contributed by atoms with van der Waals surface area (Å²) in [5, 5.41) is 24.9. The van der Waals surface area contributed by atoms with E-state index in [4.69, 9.17) is 34.5 Å². The molecule has 17 nitrogen and oxygen atoms in total. The van der Waals surface area contributed by atoms with Crippen molar-refractivity contribution in [2.24, 2.45) is 5.73 Å². The van der Waals surface area contributed by atoms with Crippen LogP contribution in [-0.2, 0) is 51.0 Å². The van der Waals surface area contributed by atoms with Crippen LogP contribution >= 0.6 is 0 Å². The molecule has 6 N–H and O–H groups in total. The highest BCUT2D eigenvalue weighted by molar-refractivity contribution is 5.78. The van der Waals surface area contributed by atoms with Gasteiger partial charge in [0.1, 0.15) is 12.6 Å². The molecule has 284 valence electrons. The molecule has 1 unspecified atom stereocenters. The van der Waals surface area contributed by atoms with Crippen molar-refractivity contribution in [3.63, 3.8) is 0 Å². The van der Waals surface area contributed by atoms with Gasteiger partial charge in [-0.25, -0.2) is 9.48 Å². The normalized spacial score (nSPS) is 14.1. The smallest absolute Gasteiger partial charge is 0.407 e. The third kappa shape index (κ3) is 23.6. The first kappa shape index (κ1) is 42.7. The maximum absolute atomic E-state index is 11.9. The number of nitrogens with one attached hydrogen (secondary N) is 3. The molecule has 1 heterocycles. The van der Waals surface area contributed by atoms with Crippen molar-refractivity contribution in [2.75, 3.05) is 79.1 Å². The summed E-state index contributed by atoms with van der Waals surface area (Å²) in [5.74, 6) is -1.72. The lowest BCUT2D eigenvalue weighted by Crippen LogP contribution is -2.33. The average molecular weight is 720 g/mol. The maximum Gasteiger partial charge on any atom is 0.407 e. The second-order valence-electron chi connectivity index (χ2n) is 11.2. The van der Waals surface area contributed by atoms with E-state index in [0.29, 0.717) is 58.2 Å². The molecule has 3 amide bonds. The second kappa shape index (κ2) is 28.3. The molecule has 1 aliphatic rings. The van der Waals surface area contributed by atoms with Crippen molar-refractivity contribution in [3.05, 3.63) is 60.0 Å². The number of carbonyl (C=O) groups is 4. The van der Waals surface area contributed by atoms with E-state index in [2.05, 4.69) is 38.4 Å². The molecular formula is C34H53N7O10. The van der Waals surface area contributed by atoms with E-state index in [0.717, 1.165) is 19.3 Å². The van der Waals surface area contributed by atoms with Gasteiger partial charge in [-0.15, -0.1) is 5.10 Å². The fourth-order valence-corrected chi connectivity index (χ4v) is 4.22. The number of nitrogens with zero attached hydrogens (tertiary/aromatic N) is 3. The first-order chi connectivity index (χ1) is 24.8. The number of amides is 3. The molecule has 0 aliphatic heterocycles. The van der Waals surface area contributed by atoms with E-state index in [1.54, 1.807) is 10.9 Å². The molecule has 1 aliphatic carbocycles. The van der Waals surface area contributed by atoms with Crippen LogP contribution in [0.3, 0.4) is 0 Å². The van der Waals surface area contributed by atoms with Gasteiger partial charge in [-0.1, -0.05) is 47.7 Å². The van der Waals surface area contributed by atoms with Crippen LogP contribution in [0.4, 0.5) is 4.79 Å². The Hall–Kier alpha value is -4.42. The van der Waals surface area contributed by atoms with Gasteiger partial charge in [0.05, 0.1) is 65.1 Å². The summed E-state index contributed by atoms with van der Waals surface area (Å²) >= 11 is 0. The Morgan fingerprint density at radius 1 is 0.765 bits per heavy atom. The average Bonchev–Trinajstić information content (AvgIpc) is 3.55. The number of carboxylic acids is 1. The van der Waals surface area contributed by atoms with Gasteiger partial charge in [-0.3, -0.25) is 14.4 Å². The second-order valence-corrected chi connectivity index (χ2v) is 11.2. The van der Waals surface area contributed by atoms with Gasteiger partial charge in [-0.05, 0) is 31.3 Å². The van der Waals surface area contributed by atoms with Crippen LogP contribution in [0.5, 0.6) is 0 Å². The molecule has 0 fully saturated rings. The van der Waals surface area contributed by atoms with E-state index in [-0.39, 0.29) is 64.2 Å². The van der Waals surface area contributed by atoms with Crippen LogP contribution in [-0.4, -0.2) is 129 Å². The van der Waals surface area contributed by atoms with E-state index in [9.17, 15) is 19.2 Å². The van der Waals surface area contributed by atoms with Crippen LogP contribution in [0.1, 0.15) is 37.8 Å². The van der Waals surface area contributed by atoms with E-state index >= 15 is 0 Å². The molecule has 1 aromatic rings. The summed E-state index contributed by atoms with van der Waals surface area (Å²) in [6.45, 7) is 3.97. The zero-order valence-corrected chi connectivity index (χ0v) is 29.2. The monoisotopic (exact) mass is 719 g/mol. The Morgan fingerprint density at radius 3 is 2.22 bits per heavy atom. The van der Waals surface area contributed by atoms with Crippen LogP contribution in [0.25, 0.3) is 0 Å². The number of unbranched alkanes of at least 4 members (excludes halogenated alkanes) is 1. The predicted octanol–water partition coefficient (Wildman–Crippen LogP) is 0.817. The Bertz CT molecular complexity index is 1280. The van der Waals surface area contributed by atoms with Gasteiger partial charge in [-0.2, -0.15) is 0 Å². The number of allylic oxidation sites excluding steroid dienone is 8. The summed E-state index contributed by atoms with van der Waals surface area (Å²) in [5.41, 5.74) is 7.32. The van der Waals surface area contributed by atoms with Crippen LogP contribution in [0, 0.1) is 0 Å². The van der Waals surface area contributed by atoms with Gasteiger partial charge in [0, 0.05) is 38.7 Å². The number of nitrogens with two attached hydrogens (primary N) is 1. The number of alkyl carbamates (subject to hydrolysis) is 1. The predicted molar refractivity (Wildman–Crippen MR) is 187 cm³/mol. The number of hydrogen-bond acceptors (Lipinski definition) is 12. The lowest BCUT2D eigenvalue weighted by atomic mass is 10.1. The van der Waals surface area contributed by atoms with Gasteiger partial charge >= 0.3 is 12.1 Å². The van der Waals surface area contributed by atoms with E-state index in [1.165, 1.54) is 5.57 Å². The molecule has 17 heteroatoms. The largest absolute Gasteiger partial charge is 0.480 e. The van der Waals surface area contributed by atoms with Crippen molar-refractivity contribution < 1.29 is 48.0 Å². The minimum absolute atomic E-state index is 0.0233. The molecule has 0 radical (unpaired) electrons. The van der Waals surface area contributed by atoms with Crippen LogP contribution < -0.4 is 21.7 Å². The van der Waals surface area contributed by atoms with Crippen molar-refractivity contribution in [2.45, 2.75) is 51.1 Å². The summed E-state index contributed by atoms with van der Waals surface area (Å²) in [6.07, 6.45) is 18.9. The quantitative estimate of drug-likeness (QED) is 0.0724. The van der Waals surface area contributed by atoms with E-state index < -0.39 is 18.1 Å². The van der Waals surface area contributed by atoms with E-state index in [1.807, 2.05) is 30.4 Å². The standard InChI is InChI=1S/C34H53N7O10/c35-30(33(44)45)11-12-31(42)36-15-19-48-24-25-50-27-32(43)37-16-20-47-22-23-49-21-17-41-26-29(39-40-41)13-18-51-34(46)38-14-7-6-10-28-8-4-2-1-3-5-9-28/h1-5,8-9,26,30H,6-7,10-25,27,35H2,(H,36,42)(H,37,43)(H,38,46)(H,44,45)/b2-1-,3-1?,4-2?,5-3-,8-4?,9-5?,28-8?,28-9?. The Labute approximate surface area is 298 Å². The zero-order valence-electron chi connectivity index (χ0n) is 29.2. The summed E-state index contributed by atoms with van der Waals surface area (Å²) < 4.78 is 28.5. The number of hydrogen-bond donors (Lipinski definition) is 5. The highest BCUT2D eigenvalue weighted by Gasteiger charge is 2.13. The molecule has 0 saturated carbocycles. The molecule has 1 atom stereocenters. The lowest BCUT2D eigenvalue weighted by molar-refractivity contribution is -0.138. The summed E-state index contributed by atoms with van der Waals surface area (Å²) in [4.78, 5) is 46.0. The third-order valence-corrected chi connectivity index (χ3v) is 6.98. The van der Waals surface area contributed by atoms with Gasteiger partial charge in [0.15, 0.2) is 0 Å². The first-order valence-corrected chi connectivity index (χ1v) is 17.2. The molecule has 0 saturated heterocycles. The molecule has 0 bridgehead atoms. The van der Waals surface area contributed by atoms with Crippen molar-refractivity contribution in [1.29, 1.82) is 0 Å². The van der Waals surface area contributed by atoms with Crippen molar-refractivity contribution in [1.82, 2.24) is 30.9 Å². The molecule has 51 heavy (non-hydrogen) atoms. The highest BCUT2D eigenvalue weighted by atomic mass is 16.5. The molecule has 1 aromatic heterocycles. The minimum Gasteiger partial charge on any atom is -0.480 e. The summed E-state index contributed by atoms with van der Waals surface area (Å²) in [6, 6.07) is -1.06. The third-order valence-electron chi connectivity index (χ3n) is 6.98. The fourth-order valence-electron chi connectivity index (χ4n) is 4.22. The minimum atomic E-state index is -1.14.